The van der Waals surface area contributed by atoms with E-state index in [4.69, 9.17) is 0 Å². The summed E-state index contributed by atoms with van der Waals surface area (Å²) in [7, 11) is 2.06. The van der Waals surface area contributed by atoms with Crippen LogP contribution in [-0.4, -0.2) is 35.9 Å². The number of carbonyl (C=O) groups excluding carboxylic acids is 1. The van der Waals surface area contributed by atoms with Crippen LogP contribution in [-0.2, 0) is 0 Å². The number of nitrogens with zero attached hydrogens (tertiary/aromatic N) is 3. The van der Waals surface area contributed by atoms with Gasteiger partial charge in [-0.3, -0.25) is 0 Å². The van der Waals surface area contributed by atoms with Gasteiger partial charge in [0.25, 0.3) is 0 Å². The van der Waals surface area contributed by atoms with Crippen LogP contribution in [0.5, 0.6) is 0 Å². The Bertz CT molecular complexity index is 920. The fourth-order valence-electron chi connectivity index (χ4n) is 3.13. The van der Waals surface area contributed by atoms with Crippen molar-refractivity contribution in [2.24, 2.45) is 0 Å². The quantitative estimate of drug-likeness (QED) is 0.609. The summed E-state index contributed by atoms with van der Waals surface area (Å²) in [6, 6.07) is 19.7. The molecule has 2 amide bonds. The normalized spacial score (nSPS) is 10.5. The number of amides is 2. The molecule has 6 nitrogen and oxygen atoms in total. The summed E-state index contributed by atoms with van der Waals surface area (Å²) in [6.45, 7) is 5.43. The van der Waals surface area contributed by atoms with Gasteiger partial charge in [-0.2, -0.15) is 5.10 Å². The molecular weight excluding hydrogens is 350 g/mol. The monoisotopic (exact) mass is 377 g/mol. The van der Waals surface area contributed by atoms with Crippen LogP contribution >= 0.6 is 0 Å². The lowest BCUT2D eigenvalue weighted by Crippen LogP contribution is -2.32. The predicted octanol–water partition coefficient (Wildman–Crippen LogP) is 4.14. The second-order valence-electron chi connectivity index (χ2n) is 6.85. The number of benzene rings is 2. The van der Waals surface area contributed by atoms with Gasteiger partial charge in [0.15, 0.2) is 0 Å². The third-order valence-corrected chi connectivity index (χ3v) is 4.54. The molecule has 0 bridgehead atoms. The van der Waals surface area contributed by atoms with Gasteiger partial charge >= 0.3 is 6.03 Å². The van der Waals surface area contributed by atoms with Crippen LogP contribution in [0.25, 0.3) is 5.69 Å². The average Bonchev–Trinajstić information content (AvgIpc) is 3.04. The molecular formula is C22H27N5O. The lowest BCUT2D eigenvalue weighted by molar-refractivity contribution is 0.252. The molecule has 146 valence electrons. The van der Waals surface area contributed by atoms with Crippen molar-refractivity contribution in [3.05, 3.63) is 72.1 Å². The van der Waals surface area contributed by atoms with Crippen molar-refractivity contribution in [3.8, 4) is 5.69 Å². The molecule has 2 N–H and O–H groups in total. The van der Waals surface area contributed by atoms with E-state index < -0.39 is 0 Å². The number of nitrogens with one attached hydrogen (secondary N) is 2. The lowest BCUT2D eigenvalue weighted by Gasteiger charge is -2.19. The Labute approximate surface area is 166 Å². The average molecular weight is 377 g/mol. The van der Waals surface area contributed by atoms with Crippen LogP contribution in [0.3, 0.4) is 0 Å². The van der Waals surface area contributed by atoms with Crippen molar-refractivity contribution in [3.63, 3.8) is 0 Å². The highest BCUT2D eigenvalue weighted by atomic mass is 16.2. The summed E-state index contributed by atoms with van der Waals surface area (Å²) in [5.74, 6) is 0. The van der Waals surface area contributed by atoms with Crippen LogP contribution in [0, 0.1) is 13.8 Å². The Hall–Kier alpha value is -3.28. The molecule has 3 rings (SSSR count). The van der Waals surface area contributed by atoms with E-state index in [1.165, 1.54) is 5.69 Å². The summed E-state index contributed by atoms with van der Waals surface area (Å²) < 4.78 is 1.85. The summed E-state index contributed by atoms with van der Waals surface area (Å²) in [5, 5.41) is 10.4. The molecule has 0 aliphatic rings. The van der Waals surface area contributed by atoms with Crippen LogP contribution in [0.1, 0.15) is 17.8 Å². The number of carbonyl (C=O) groups is 1. The Morgan fingerprint density at radius 1 is 1.07 bits per heavy atom. The molecule has 6 heteroatoms. The van der Waals surface area contributed by atoms with Crippen LogP contribution in [0.4, 0.5) is 16.2 Å². The third-order valence-electron chi connectivity index (χ3n) is 4.54. The number of rotatable bonds is 7. The van der Waals surface area contributed by atoms with Gasteiger partial charge in [-0.25, -0.2) is 9.48 Å². The fraction of sp³-hybridized carbons (Fsp3) is 0.273. The second kappa shape index (κ2) is 9.08. The smallest absolute Gasteiger partial charge is 0.319 e. The molecule has 0 spiro atoms. The van der Waals surface area contributed by atoms with Crippen molar-refractivity contribution in [1.29, 1.82) is 0 Å². The molecule has 1 heterocycles. The largest absolute Gasteiger partial charge is 0.375 e. The van der Waals surface area contributed by atoms with Crippen molar-refractivity contribution in [2.45, 2.75) is 20.3 Å². The minimum absolute atomic E-state index is 0.212. The first-order valence-electron chi connectivity index (χ1n) is 9.48. The SMILES string of the molecule is Cc1cc(C)n(-c2ccccc2NC(=O)NCCCN(C)c2ccccc2)n1. The zero-order valence-electron chi connectivity index (χ0n) is 16.6. The molecule has 0 fully saturated rings. The van der Waals surface area contributed by atoms with E-state index in [1.807, 2.05) is 67.1 Å². The standard InChI is InChI=1S/C22H27N5O/c1-17-16-18(2)27(25-17)21-13-8-7-12-20(21)24-22(28)23-14-9-15-26(3)19-10-5-4-6-11-19/h4-8,10-13,16H,9,14-15H2,1-3H3,(H2,23,24,28). The molecule has 0 saturated carbocycles. The van der Waals surface area contributed by atoms with Crippen molar-refractivity contribution >= 4 is 17.4 Å². The Balaban J connectivity index is 1.52. The maximum atomic E-state index is 12.3. The van der Waals surface area contributed by atoms with Gasteiger partial charge < -0.3 is 15.5 Å². The Morgan fingerprint density at radius 2 is 1.79 bits per heavy atom. The van der Waals surface area contributed by atoms with Crippen molar-refractivity contribution < 1.29 is 4.79 Å². The maximum Gasteiger partial charge on any atom is 0.319 e. The van der Waals surface area contributed by atoms with E-state index in [1.54, 1.807) is 0 Å². The highest BCUT2D eigenvalue weighted by Gasteiger charge is 2.11. The van der Waals surface area contributed by atoms with Crippen molar-refractivity contribution in [2.75, 3.05) is 30.4 Å². The fourth-order valence-corrected chi connectivity index (χ4v) is 3.13. The highest BCUT2D eigenvalue weighted by Crippen LogP contribution is 2.21. The number of anilines is 2. The van der Waals surface area contributed by atoms with Gasteiger partial charge in [0.2, 0.25) is 0 Å². The highest BCUT2D eigenvalue weighted by molar-refractivity contribution is 5.91. The zero-order valence-corrected chi connectivity index (χ0v) is 16.6. The van der Waals surface area contributed by atoms with E-state index in [-0.39, 0.29) is 6.03 Å². The summed E-state index contributed by atoms with van der Waals surface area (Å²) in [4.78, 5) is 14.5. The summed E-state index contributed by atoms with van der Waals surface area (Å²) >= 11 is 0. The van der Waals surface area contributed by atoms with E-state index in [2.05, 4.69) is 39.8 Å². The number of urea groups is 1. The number of para-hydroxylation sites is 3. The van der Waals surface area contributed by atoms with E-state index in [9.17, 15) is 4.79 Å². The second-order valence-corrected chi connectivity index (χ2v) is 6.85. The number of aryl methyl sites for hydroxylation is 2. The van der Waals surface area contributed by atoms with Crippen LogP contribution in [0.15, 0.2) is 60.7 Å². The maximum absolute atomic E-state index is 12.3. The van der Waals surface area contributed by atoms with E-state index in [0.29, 0.717) is 6.54 Å². The third kappa shape index (κ3) is 4.91. The number of hydrogen-bond donors (Lipinski definition) is 2. The van der Waals surface area contributed by atoms with Crippen LogP contribution < -0.4 is 15.5 Å². The first-order chi connectivity index (χ1) is 13.5. The summed E-state index contributed by atoms with van der Waals surface area (Å²) in [6.07, 6.45) is 0.859. The van der Waals surface area contributed by atoms with Gasteiger partial charge in [0.1, 0.15) is 0 Å². The first-order valence-corrected chi connectivity index (χ1v) is 9.48. The van der Waals surface area contributed by atoms with E-state index >= 15 is 0 Å². The topological polar surface area (TPSA) is 62.2 Å². The Morgan fingerprint density at radius 3 is 2.50 bits per heavy atom. The summed E-state index contributed by atoms with van der Waals surface area (Å²) in [5.41, 5.74) is 4.72. The molecule has 0 atom stereocenters. The lowest BCUT2D eigenvalue weighted by atomic mass is 10.2. The molecule has 0 saturated heterocycles. The molecule has 28 heavy (non-hydrogen) atoms. The molecule has 1 aromatic heterocycles. The molecule has 0 aliphatic carbocycles. The number of hydrogen-bond acceptors (Lipinski definition) is 3. The van der Waals surface area contributed by atoms with Crippen molar-refractivity contribution in [1.82, 2.24) is 15.1 Å². The Kier molecular flexibility index (Phi) is 6.32. The van der Waals surface area contributed by atoms with Crippen LogP contribution in [0.2, 0.25) is 0 Å². The minimum atomic E-state index is -0.212. The van der Waals surface area contributed by atoms with Gasteiger partial charge in [-0.1, -0.05) is 30.3 Å². The molecule has 0 aliphatic heterocycles. The van der Waals surface area contributed by atoms with E-state index in [0.717, 1.165) is 35.7 Å². The molecule has 0 radical (unpaired) electrons. The number of aromatic nitrogens is 2. The minimum Gasteiger partial charge on any atom is -0.375 e. The first kappa shape index (κ1) is 19.5. The molecule has 2 aromatic carbocycles. The van der Waals surface area contributed by atoms with Gasteiger partial charge in [-0.15, -0.1) is 0 Å². The van der Waals surface area contributed by atoms with Gasteiger partial charge in [0.05, 0.1) is 17.1 Å². The zero-order chi connectivity index (χ0) is 19.9. The van der Waals surface area contributed by atoms with Gasteiger partial charge in [-0.05, 0) is 50.6 Å². The molecule has 3 aromatic rings. The molecule has 0 unspecified atom stereocenters. The predicted molar refractivity (Wildman–Crippen MR) is 114 cm³/mol. The van der Waals surface area contributed by atoms with Gasteiger partial charge in [0, 0.05) is 31.5 Å².